The summed E-state index contributed by atoms with van der Waals surface area (Å²) in [4.78, 5) is 30.4. The first-order valence-electron chi connectivity index (χ1n) is 11.0. The molecule has 0 atom stereocenters. The number of benzene rings is 3. The van der Waals surface area contributed by atoms with Crippen molar-refractivity contribution in [2.75, 3.05) is 39.3 Å². The van der Waals surface area contributed by atoms with E-state index in [1.807, 2.05) is 42.5 Å². The summed E-state index contributed by atoms with van der Waals surface area (Å²) >= 11 is 0. The molecule has 0 aliphatic heterocycles. The van der Waals surface area contributed by atoms with Crippen molar-refractivity contribution in [3.8, 4) is 0 Å². The number of carbonyl (C=O) groups excluding carboxylic acids is 2. The third-order valence-electron chi connectivity index (χ3n) is 6.00. The predicted molar refractivity (Wildman–Crippen MR) is 126 cm³/mol. The number of hydrogen-bond donors (Lipinski definition) is 0. The van der Waals surface area contributed by atoms with Gasteiger partial charge in [-0.2, -0.15) is 0 Å². The quantitative estimate of drug-likeness (QED) is 0.351. The standard InChI is InChI=1S/C26H32N2O2/c1-5-27(6-2)17-25(29)21-13-9-11-19-15-20-12-10-14-22(24(20)16-23(19)21)26(30)18-28(7-3)8-4/h9-16H,5-8,17-18H2,1-4H3. The van der Waals surface area contributed by atoms with Crippen LogP contribution in [-0.4, -0.2) is 60.6 Å². The van der Waals surface area contributed by atoms with E-state index in [1.54, 1.807) is 0 Å². The number of hydrogen-bond acceptors (Lipinski definition) is 4. The highest BCUT2D eigenvalue weighted by Crippen LogP contribution is 2.28. The van der Waals surface area contributed by atoms with Crippen LogP contribution in [0.1, 0.15) is 48.4 Å². The lowest BCUT2D eigenvalue weighted by Crippen LogP contribution is -2.29. The van der Waals surface area contributed by atoms with Gasteiger partial charge in [0.15, 0.2) is 11.6 Å². The maximum absolute atomic E-state index is 13.0. The molecule has 0 aliphatic rings. The van der Waals surface area contributed by atoms with E-state index in [-0.39, 0.29) is 11.6 Å². The van der Waals surface area contributed by atoms with Crippen molar-refractivity contribution in [2.45, 2.75) is 27.7 Å². The van der Waals surface area contributed by atoms with Gasteiger partial charge in [-0.1, -0.05) is 64.1 Å². The van der Waals surface area contributed by atoms with Crippen molar-refractivity contribution in [3.05, 3.63) is 59.7 Å². The summed E-state index contributed by atoms with van der Waals surface area (Å²) in [6, 6.07) is 15.9. The second kappa shape index (κ2) is 9.96. The minimum atomic E-state index is 0.121. The van der Waals surface area contributed by atoms with Crippen molar-refractivity contribution in [2.24, 2.45) is 0 Å². The van der Waals surface area contributed by atoms with Crippen LogP contribution in [0.4, 0.5) is 0 Å². The summed E-state index contributed by atoms with van der Waals surface area (Å²) in [5.41, 5.74) is 1.46. The molecule has 3 aromatic carbocycles. The van der Waals surface area contributed by atoms with Crippen LogP contribution in [-0.2, 0) is 0 Å². The summed E-state index contributed by atoms with van der Waals surface area (Å²) in [6.45, 7) is 12.5. The van der Waals surface area contributed by atoms with Crippen LogP contribution in [0.3, 0.4) is 0 Å². The van der Waals surface area contributed by atoms with E-state index in [0.717, 1.165) is 58.9 Å². The fraction of sp³-hybridized carbons (Fsp3) is 0.385. The minimum Gasteiger partial charge on any atom is -0.296 e. The lowest BCUT2D eigenvalue weighted by atomic mass is 9.94. The highest BCUT2D eigenvalue weighted by Gasteiger charge is 2.17. The highest BCUT2D eigenvalue weighted by atomic mass is 16.1. The Morgan fingerprint density at radius 3 is 1.40 bits per heavy atom. The molecular formula is C26H32N2O2. The number of fused-ring (bicyclic) bond motifs is 2. The van der Waals surface area contributed by atoms with Gasteiger partial charge in [-0.25, -0.2) is 0 Å². The van der Waals surface area contributed by atoms with Crippen LogP contribution in [0.5, 0.6) is 0 Å². The molecule has 3 rings (SSSR count). The molecular weight excluding hydrogens is 372 g/mol. The van der Waals surface area contributed by atoms with Crippen LogP contribution in [0, 0.1) is 0 Å². The summed E-state index contributed by atoms with van der Waals surface area (Å²) in [5.74, 6) is 0.242. The van der Waals surface area contributed by atoms with Gasteiger partial charge in [0.2, 0.25) is 0 Å². The van der Waals surface area contributed by atoms with E-state index < -0.39 is 0 Å². The first-order chi connectivity index (χ1) is 14.5. The molecule has 0 fully saturated rings. The Hall–Kier alpha value is -2.56. The van der Waals surface area contributed by atoms with Crippen molar-refractivity contribution < 1.29 is 9.59 Å². The molecule has 0 aliphatic carbocycles. The first kappa shape index (κ1) is 22.1. The van der Waals surface area contributed by atoms with Crippen molar-refractivity contribution in [1.82, 2.24) is 9.80 Å². The number of likely N-dealkylation sites (N-methyl/N-ethyl adjacent to an activating group) is 2. The third-order valence-corrected chi connectivity index (χ3v) is 6.00. The lowest BCUT2D eigenvalue weighted by Gasteiger charge is -2.18. The van der Waals surface area contributed by atoms with Crippen LogP contribution in [0.2, 0.25) is 0 Å². The van der Waals surface area contributed by atoms with Gasteiger partial charge in [-0.05, 0) is 59.9 Å². The van der Waals surface area contributed by atoms with E-state index in [9.17, 15) is 9.59 Å². The number of ketones is 2. The number of rotatable bonds is 10. The maximum Gasteiger partial charge on any atom is 0.177 e. The smallest absolute Gasteiger partial charge is 0.177 e. The average molecular weight is 405 g/mol. The summed E-state index contributed by atoms with van der Waals surface area (Å²) in [6.07, 6.45) is 0. The Balaban J connectivity index is 2.09. The molecule has 0 unspecified atom stereocenters. The zero-order chi connectivity index (χ0) is 21.7. The van der Waals surface area contributed by atoms with E-state index in [0.29, 0.717) is 13.1 Å². The summed E-state index contributed by atoms with van der Waals surface area (Å²) in [7, 11) is 0. The Morgan fingerprint density at radius 1 is 0.633 bits per heavy atom. The second-order valence-electron chi connectivity index (χ2n) is 7.67. The average Bonchev–Trinajstić information content (AvgIpc) is 2.78. The van der Waals surface area contributed by atoms with Crippen LogP contribution >= 0.6 is 0 Å². The molecule has 0 amide bonds. The fourth-order valence-electron chi connectivity index (χ4n) is 4.01. The molecule has 30 heavy (non-hydrogen) atoms. The molecule has 4 nitrogen and oxygen atoms in total. The zero-order valence-electron chi connectivity index (χ0n) is 18.6. The summed E-state index contributed by atoms with van der Waals surface area (Å²) < 4.78 is 0. The molecule has 0 bridgehead atoms. The Morgan fingerprint density at radius 2 is 1.03 bits per heavy atom. The zero-order valence-corrected chi connectivity index (χ0v) is 18.6. The molecule has 0 saturated carbocycles. The largest absolute Gasteiger partial charge is 0.296 e. The van der Waals surface area contributed by atoms with Crippen LogP contribution in [0.25, 0.3) is 21.5 Å². The Kier molecular flexibility index (Phi) is 7.35. The van der Waals surface area contributed by atoms with E-state index >= 15 is 0 Å². The fourth-order valence-corrected chi connectivity index (χ4v) is 4.01. The topological polar surface area (TPSA) is 40.6 Å². The van der Waals surface area contributed by atoms with E-state index in [1.165, 1.54) is 0 Å². The molecule has 158 valence electrons. The molecule has 4 heteroatoms. The molecule has 0 spiro atoms. The third kappa shape index (κ3) is 4.61. The van der Waals surface area contributed by atoms with Gasteiger partial charge >= 0.3 is 0 Å². The molecule has 0 radical (unpaired) electrons. The van der Waals surface area contributed by atoms with Gasteiger partial charge in [-0.3, -0.25) is 19.4 Å². The predicted octanol–water partition coefficient (Wildman–Crippen LogP) is 5.04. The molecule has 3 aromatic rings. The SMILES string of the molecule is CCN(CC)CC(=O)c1cccc2cc3cccc(C(=O)CN(CC)CC)c3cc12. The molecule has 0 N–H and O–H groups in total. The minimum absolute atomic E-state index is 0.121. The maximum atomic E-state index is 13.0. The van der Waals surface area contributed by atoms with Crippen molar-refractivity contribution in [3.63, 3.8) is 0 Å². The van der Waals surface area contributed by atoms with Gasteiger partial charge in [0, 0.05) is 11.1 Å². The van der Waals surface area contributed by atoms with Gasteiger partial charge in [0.25, 0.3) is 0 Å². The van der Waals surface area contributed by atoms with Crippen molar-refractivity contribution in [1.29, 1.82) is 0 Å². The van der Waals surface area contributed by atoms with Crippen LogP contribution < -0.4 is 0 Å². The second-order valence-corrected chi connectivity index (χ2v) is 7.67. The van der Waals surface area contributed by atoms with Crippen LogP contribution in [0.15, 0.2) is 48.5 Å². The van der Waals surface area contributed by atoms with Gasteiger partial charge in [0.05, 0.1) is 13.1 Å². The van der Waals surface area contributed by atoms with Gasteiger partial charge < -0.3 is 0 Å². The lowest BCUT2D eigenvalue weighted by molar-refractivity contribution is 0.0931. The Labute approximate surface area is 179 Å². The number of Topliss-reactive ketones (excluding diaryl/α,β-unsaturated/α-hetero) is 2. The summed E-state index contributed by atoms with van der Waals surface area (Å²) in [5, 5.41) is 3.90. The molecule has 0 saturated heterocycles. The number of nitrogens with zero attached hydrogens (tertiary/aromatic N) is 2. The highest BCUT2D eigenvalue weighted by molar-refractivity contribution is 6.16. The van der Waals surface area contributed by atoms with Gasteiger partial charge in [0.1, 0.15) is 0 Å². The molecule has 0 heterocycles. The van der Waals surface area contributed by atoms with E-state index in [2.05, 4.69) is 43.6 Å². The van der Waals surface area contributed by atoms with Crippen molar-refractivity contribution >= 4 is 33.1 Å². The number of carbonyl (C=O) groups is 2. The van der Waals surface area contributed by atoms with Gasteiger partial charge in [-0.15, -0.1) is 0 Å². The Bertz CT molecular complexity index is 969. The first-order valence-corrected chi connectivity index (χ1v) is 11.0. The normalized spacial score (nSPS) is 11.7. The van der Waals surface area contributed by atoms with E-state index in [4.69, 9.17) is 0 Å². The molecule has 0 aromatic heterocycles. The monoisotopic (exact) mass is 404 g/mol.